The second-order valence-corrected chi connectivity index (χ2v) is 22.3. The number of aryl methyl sites for hydroxylation is 2. The molecule has 0 unspecified atom stereocenters. The van der Waals surface area contributed by atoms with Crippen LogP contribution in [0.1, 0.15) is 78.9 Å². The molecular formula is C58H74ClF2N16O7+. The average Bonchev–Trinajstić information content (AvgIpc) is 2.57. The number of fused-ring (bicyclic) bond motifs is 3. The molecular weight excluding hydrogens is 1110 g/mol. The van der Waals surface area contributed by atoms with Crippen LogP contribution < -0.4 is 46.1 Å². The number of nitrogens with two attached hydrogens (primary N) is 1. The number of carbonyl (C=O) groups excluding carboxylic acids is 4. The second kappa shape index (κ2) is 25.9. The molecule has 0 aliphatic carbocycles. The standard InChI is InChI=1S/C58H73ClF2N16O7/c1-63-31-38(30-62)41-26-36-7-6-14-76(46(36)29-42(41)52(60)61)54-43-33-75(58(82)65-3)20-12-45(43)77(69-54)40-10-18-72(19-11-40)50(79)13-15-71-21-23-73(24-22-71)55(80)35-8-16-74(17-9-35)57-66-32-44(59)53(68-57)67-39-25-37-27-48(84-34-49(78)64-2)56(81)70(4)51(37)47(28-39)83-5/h25-32,35,40,52,62-63H,6-24,33-34H2,1-5H3,(H,64,78)(H,65,82)(H,66,67,68)/p+1/b38-31+,62-30?. The van der Waals surface area contributed by atoms with Gasteiger partial charge in [0.05, 0.1) is 44.0 Å². The lowest BCUT2D eigenvalue weighted by Gasteiger charge is -2.39. The van der Waals surface area contributed by atoms with Gasteiger partial charge in [-0.1, -0.05) is 11.6 Å². The predicted molar refractivity (Wildman–Crippen MR) is 315 cm³/mol. The molecule has 0 bridgehead atoms. The third-order valence-corrected chi connectivity index (χ3v) is 17.2. The van der Waals surface area contributed by atoms with Crippen molar-refractivity contribution in [1.29, 1.82) is 5.41 Å². The molecule has 5 amide bonds. The smallest absolute Gasteiger partial charge is 0.317 e. The van der Waals surface area contributed by atoms with Gasteiger partial charge < -0.3 is 65.2 Å². The van der Waals surface area contributed by atoms with Crippen molar-refractivity contribution in [2.45, 2.75) is 70.4 Å². The molecule has 448 valence electrons. The molecule has 0 saturated carbocycles. The number of benzene rings is 2. The lowest BCUT2D eigenvalue weighted by atomic mass is 9.92. The Kier molecular flexibility index (Phi) is 18.3. The Bertz CT molecular complexity index is 3410. The fourth-order valence-electron chi connectivity index (χ4n) is 12.4. The first-order valence-corrected chi connectivity index (χ1v) is 29.2. The Labute approximate surface area is 490 Å². The van der Waals surface area contributed by atoms with Gasteiger partial charge in [-0.3, -0.25) is 28.8 Å². The molecule has 5 aliphatic rings. The number of aromatic nitrogens is 5. The molecule has 3 fully saturated rings. The molecule has 3 saturated heterocycles. The number of hydrogen-bond acceptors (Lipinski definition) is 15. The zero-order chi connectivity index (χ0) is 59.3. The number of likely N-dealkylation sites (tertiary alicyclic amines) is 1. The normalized spacial score (nSPS) is 17.3. The van der Waals surface area contributed by atoms with Gasteiger partial charge in [-0.15, -0.1) is 0 Å². The van der Waals surface area contributed by atoms with Crippen LogP contribution in [0.25, 0.3) is 16.5 Å². The molecule has 5 aliphatic heterocycles. The summed E-state index contributed by atoms with van der Waals surface area (Å²) >= 11 is 6.63. The molecule has 8 heterocycles. The molecule has 0 atom stereocenters. The number of hydrogen-bond donors (Lipinski definition) is 5. The van der Waals surface area contributed by atoms with E-state index in [0.717, 1.165) is 29.5 Å². The summed E-state index contributed by atoms with van der Waals surface area (Å²) < 4.78 is 44.3. The van der Waals surface area contributed by atoms with Crippen molar-refractivity contribution in [3.63, 3.8) is 0 Å². The molecule has 84 heavy (non-hydrogen) atoms. The van der Waals surface area contributed by atoms with Gasteiger partial charge in [0.2, 0.25) is 17.8 Å². The minimum atomic E-state index is -2.76. The van der Waals surface area contributed by atoms with Crippen molar-refractivity contribution in [3.8, 4) is 11.5 Å². The quantitative estimate of drug-likeness (QED) is 0.0801. The van der Waals surface area contributed by atoms with E-state index in [4.69, 9.17) is 36.6 Å². The lowest BCUT2D eigenvalue weighted by molar-refractivity contribution is -0.555. The van der Waals surface area contributed by atoms with Crippen LogP contribution in [0.4, 0.5) is 42.5 Å². The van der Waals surface area contributed by atoms with Crippen LogP contribution in [0.5, 0.6) is 11.5 Å². The molecule has 10 rings (SSSR count). The number of urea groups is 1. The predicted octanol–water partition coefficient (Wildman–Crippen LogP) is 4.57. The number of alkyl halides is 2. The Morgan fingerprint density at radius 3 is 2.36 bits per heavy atom. The third-order valence-electron chi connectivity index (χ3n) is 16.9. The fourth-order valence-corrected chi connectivity index (χ4v) is 12.5. The van der Waals surface area contributed by atoms with E-state index >= 15 is 0 Å². The van der Waals surface area contributed by atoms with Crippen molar-refractivity contribution >= 4 is 87.0 Å². The maximum absolute atomic E-state index is 14.8. The van der Waals surface area contributed by atoms with Gasteiger partial charge in [-0.05, 0) is 73.9 Å². The summed E-state index contributed by atoms with van der Waals surface area (Å²) in [4.78, 5) is 86.9. The highest BCUT2D eigenvalue weighted by atomic mass is 35.5. The van der Waals surface area contributed by atoms with Crippen LogP contribution in [0.2, 0.25) is 5.02 Å². The highest BCUT2D eigenvalue weighted by Gasteiger charge is 2.37. The molecule has 26 heteroatoms. The van der Waals surface area contributed by atoms with Crippen LogP contribution in [0.3, 0.4) is 0 Å². The minimum Gasteiger partial charge on any atom is -0.494 e. The van der Waals surface area contributed by atoms with Gasteiger partial charge in [0.15, 0.2) is 24.0 Å². The van der Waals surface area contributed by atoms with Crippen LogP contribution in [-0.2, 0) is 40.8 Å². The molecule has 5 aromatic rings. The maximum Gasteiger partial charge on any atom is 0.317 e. The first-order valence-electron chi connectivity index (χ1n) is 28.8. The van der Waals surface area contributed by atoms with Crippen molar-refractivity contribution < 1.29 is 42.7 Å². The number of rotatable bonds is 17. The summed E-state index contributed by atoms with van der Waals surface area (Å²) in [5.41, 5.74) is 4.82. The molecule has 0 spiro atoms. The van der Waals surface area contributed by atoms with Gasteiger partial charge in [-0.2, -0.15) is 10.1 Å². The third kappa shape index (κ3) is 12.3. The van der Waals surface area contributed by atoms with Gasteiger partial charge in [0.25, 0.3) is 17.9 Å². The Morgan fingerprint density at radius 1 is 0.905 bits per heavy atom. The number of nitrogens with zero attached hydrogens (tertiary/aromatic N) is 11. The van der Waals surface area contributed by atoms with Crippen LogP contribution in [-0.4, -0.2) is 181 Å². The monoisotopic (exact) mass is 1180 g/mol. The zero-order valence-electron chi connectivity index (χ0n) is 48.2. The van der Waals surface area contributed by atoms with Gasteiger partial charge in [0, 0.05) is 158 Å². The van der Waals surface area contributed by atoms with Crippen molar-refractivity contribution in [1.82, 2.24) is 54.5 Å². The number of nitrogens with one attached hydrogen (secondary N) is 4. The van der Waals surface area contributed by atoms with Crippen molar-refractivity contribution in [2.24, 2.45) is 13.0 Å². The second-order valence-electron chi connectivity index (χ2n) is 21.9. The number of allylic oxidation sites excluding steroid dienone is 1. The first kappa shape index (κ1) is 59.3. The summed E-state index contributed by atoms with van der Waals surface area (Å²) in [5.74, 6) is 1.62. The number of amides is 5. The van der Waals surface area contributed by atoms with Gasteiger partial charge in [-0.25, -0.2) is 18.6 Å². The number of likely N-dealkylation sites (N-methyl/N-ethyl adjacent to an activating group) is 1. The van der Waals surface area contributed by atoms with Crippen LogP contribution in [0.15, 0.2) is 47.5 Å². The Hall–Kier alpha value is -7.90. The number of halogens is 3. The first-order chi connectivity index (χ1) is 40.6. The van der Waals surface area contributed by atoms with Crippen molar-refractivity contribution in [3.05, 3.63) is 86.1 Å². The van der Waals surface area contributed by atoms with E-state index in [1.54, 1.807) is 67.9 Å². The summed E-state index contributed by atoms with van der Waals surface area (Å²) in [7, 11) is 7.99. The highest BCUT2D eigenvalue weighted by Crippen LogP contribution is 2.43. The topological polar surface area (TPSA) is 248 Å². The highest BCUT2D eigenvalue weighted by molar-refractivity contribution is 6.33. The van der Waals surface area contributed by atoms with E-state index in [0.29, 0.717) is 180 Å². The molecule has 0 radical (unpaired) electrons. The van der Waals surface area contributed by atoms with E-state index in [2.05, 4.69) is 30.5 Å². The number of anilines is 5. The maximum atomic E-state index is 14.8. The summed E-state index contributed by atoms with van der Waals surface area (Å²) in [6.07, 6.45) is 6.64. The zero-order valence-corrected chi connectivity index (χ0v) is 48.9. The Morgan fingerprint density at radius 2 is 1.67 bits per heavy atom. The summed E-state index contributed by atoms with van der Waals surface area (Å²) in [5, 5.41) is 24.4. The lowest BCUT2D eigenvalue weighted by Crippen LogP contribution is -2.72. The molecule has 23 nitrogen and oxygen atoms in total. The summed E-state index contributed by atoms with van der Waals surface area (Å²) in [6.45, 7) is 6.49. The van der Waals surface area contributed by atoms with Crippen molar-refractivity contribution in [2.75, 3.05) is 122 Å². The Balaban J connectivity index is 0.713. The number of pyridine rings is 1. The molecule has 6 N–H and O–H groups in total. The molecule has 3 aromatic heterocycles. The number of quaternary nitrogens is 1. The average molecular weight is 1180 g/mol. The number of ether oxygens (including phenoxy) is 2. The van der Waals surface area contributed by atoms with Gasteiger partial charge in [0.1, 0.15) is 17.0 Å². The van der Waals surface area contributed by atoms with E-state index in [1.807, 2.05) is 19.6 Å². The van der Waals surface area contributed by atoms with Gasteiger partial charge >= 0.3 is 6.03 Å². The molecule has 2 aromatic carbocycles. The van der Waals surface area contributed by atoms with E-state index in [-0.39, 0.29) is 58.7 Å². The summed E-state index contributed by atoms with van der Waals surface area (Å²) in [6, 6.07) is 8.27. The van der Waals surface area contributed by atoms with E-state index in [1.165, 1.54) is 24.9 Å². The van der Waals surface area contributed by atoms with Crippen LogP contribution in [0, 0.1) is 11.3 Å². The fraction of sp³-hybridized carbons (Fsp3) is 0.500. The SMILES string of the molecule is CNC(=O)COc1cc2cc(Nc3nc(N4CCC(C(=O)N5CCN(CCC(=O)N6CCC(n7nc(N8CCCc9cc(/C(C=N)=C/[NH2+]C)c(C(F)F)cc98)c8c7CCN(C(=O)NC)C8)CC6)CC5)CC4)ncc3Cl)cc(OC)c2n(C)c1=O. The van der Waals surface area contributed by atoms with Crippen LogP contribution >= 0.6 is 11.6 Å². The number of piperazine rings is 1. The van der Waals surface area contributed by atoms with E-state index < -0.39 is 12.0 Å². The minimum absolute atomic E-state index is 0.00528. The number of methoxy groups -OCH3 is 1. The number of carbonyl (C=O) groups is 4. The number of piperidine rings is 2. The largest absolute Gasteiger partial charge is 0.494 e. The van der Waals surface area contributed by atoms with E-state index in [9.17, 15) is 32.8 Å².